The maximum atomic E-state index is 13.8. The van der Waals surface area contributed by atoms with E-state index in [2.05, 4.69) is 53.8 Å². The minimum atomic E-state index is -0.992. The zero-order valence-electron chi connectivity index (χ0n) is 26.4. The van der Waals surface area contributed by atoms with Gasteiger partial charge in [0, 0.05) is 25.8 Å². The molecule has 0 heterocycles. The van der Waals surface area contributed by atoms with Crippen LogP contribution in [0.25, 0.3) is 0 Å². The van der Waals surface area contributed by atoms with E-state index < -0.39 is 17.5 Å². The van der Waals surface area contributed by atoms with Gasteiger partial charge in [-0.25, -0.2) is 0 Å². The van der Waals surface area contributed by atoms with Crippen molar-refractivity contribution in [2.45, 2.75) is 125 Å². The molecule has 5 rings (SSSR count). The summed E-state index contributed by atoms with van der Waals surface area (Å²) in [6.07, 6.45) is 6.84. The highest BCUT2D eigenvalue weighted by atomic mass is 16.5. The van der Waals surface area contributed by atoms with Crippen molar-refractivity contribution in [2.24, 2.45) is 50.7 Å². The van der Waals surface area contributed by atoms with Crippen LogP contribution in [0.15, 0.2) is 11.1 Å². The van der Waals surface area contributed by atoms with E-state index in [0.717, 1.165) is 56.1 Å². The molecular formula is C34H53NO5. The first-order chi connectivity index (χ1) is 18.5. The maximum Gasteiger partial charge on any atom is 0.303 e. The summed E-state index contributed by atoms with van der Waals surface area (Å²) in [6, 6.07) is 0. The monoisotopic (exact) mass is 555 g/mol. The maximum absolute atomic E-state index is 13.8. The van der Waals surface area contributed by atoms with Crippen molar-refractivity contribution in [2.75, 3.05) is 7.05 Å². The number of Topliss-reactive ketones (excluding diaryl/α,β-unsaturated/α-hetero) is 1. The Kier molecular flexibility index (Phi) is 7.01. The number of fused-ring (bicyclic) bond motifs is 7. The van der Waals surface area contributed by atoms with Crippen molar-refractivity contribution in [1.82, 2.24) is 5.32 Å². The lowest BCUT2D eigenvalue weighted by Crippen LogP contribution is -2.66. The van der Waals surface area contributed by atoms with Gasteiger partial charge in [0.15, 0.2) is 11.9 Å². The molecule has 6 heteroatoms. The molecule has 5 aliphatic rings. The highest BCUT2D eigenvalue weighted by Crippen LogP contribution is 2.77. The molecular weight excluding hydrogens is 502 g/mol. The molecule has 9 atom stereocenters. The molecule has 0 saturated heterocycles. The number of hydrogen-bond donors (Lipinski definition) is 2. The number of ether oxygens (including phenoxy) is 1. The topological polar surface area (TPSA) is 92.7 Å². The van der Waals surface area contributed by atoms with Gasteiger partial charge in [-0.15, -0.1) is 0 Å². The van der Waals surface area contributed by atoms with Gasteiger partial charge >= 0.3 is 5.97 Å². The molecule has 224 valence electrons. The Bertz CT molecular complexity index is 1140. The van der Waals surface area contributed by atoms with Crippen LogP contribution in [0.2, 0.25) is 0 Å². The zero-order valence-corrected chi connectivity index (χ0v) is 26.4. The summed E-state index contributed by atoms with van der Waals surface area (Å²) < 4.78 is 5.83. The summed E-state index contributed by atoms with van der Waals surface area (Å²) >= 11 is 0. The Morgan fingerprint density at radius 1 is 0.925 bits per heavy atom. The average Bonchev–Trinajstić information content (AvgIpc) is 3.18. The molecule has 4 fully saturated rings. The van der Waals surface area contributed by atoms with Gasteiger partial charge in [0.1, 0.15) is 0 Å². The van der Waals surface area contributed by atoms with Gasteiger partial charge in [-0.2, -0.15) is 0 Å². The Morgan fingerprint density at radius 2 is 1.60 bits per heavy atom. The van der Waals surface area contributed by atoms with Gasteiger partial charge < -0.3 is 15.2 Å². The summed E-state index contributed by atoms with van der Waals surface area (Å²) in [5.74, 6) is 0.592. The van der Waals surface area contributed by atoms with E-state index in [0.29, 0.717) is 18.3 Å². The number of carbonyl (C=O) groups is 3. The third kappa shape index (κ3) is 3.72. The molecule has 5 aliphatic carbocycles. The average molecular weight is 556 g/mol. The number of esters is 1. The van der Waals surface area contributed by atoms with Crippen LogP contribution in [0.4, 0.5) is 0 Å². The number of ketones is 1. The second-order valence-corrected chi connectivity index (χ2v) is 15.8. The molecule has 6 nitrogen and oxygen atoms in total. The molecule has 40 heavy (non-hydrogen) atoms. The fourth-order valence-corrected chi connectivity index (χ4v) is 11.7. The predicted molar refractivity (Wildman–Crippen MR) is 155 cm³/mol. The number of amides is 1. The third-order valence-electron chi connectivity index (χ3n) is 13.7. The normalized spacial score (nSPS) is 44.7. The van der Waals surface area contributed by atoms with Crippen LogP contribution in [0.1, 0.15) is 113 Å². The van der Waals surface area contributed by atoms with Gasteiger partial charge in [-0.1, -0.05) is 48.5 Å². The number of nitrogens with one attached hydrogen (secondary N) is 1. The Balaban J connectivity index is 1.63. The summed E-state index contributed by atoms with van der Waals surface area (Å²) in [5, 5.41) is 13.7. The van der Waals surface area contributed by atoms with Crippen molar-refractivity contribution in [3.8, 4) is 0 Å². The van der Waals surface area contributed by atoms with Crippen LogP contribution in [0.3, 0.4) is 0 Å². The van der Waals surface area contributed by atoms with Crippen molar-refractivity contribution < 1.29 is 24.2 Å². The molecule has 0 radical (unpaired) electrons. The number of likely N-dealkylation sites (N-methyl/N-ethyl adjacent to an activating group) is 1. The van der Waals surface area contributed by atoms with E-state index in [9.17, 15) is 19.5 Å². The Labute approximate surface area is 241 Å². The molecule has 0 spiro atoms. The van der Waals surface area contributed by atoms with Crippen LogP contribution in [0, 0.1) is 50.7 Å². The summed E-state index contributed by atoms with van der Waals surface area (Å²) in [6.45, 7) is 17.6. The highest BCUT2D eigenvalue weighted by molar-refractivity contribution is 6.02. The first-order valence-corrected chi connectivity index (χ1v) is 15.9. The molecule has 2 N–H and O–H groups in total. The van der Waals surface area contributed by atoms with Crippen LogP contribution >= 0.6 is 0 Å². The zero-order chi connectivity index (χ0) is 29.6. The van der Waals surface area contributed by atoms with Crippen molar-refractivity contribution in [3.63, 3.8) is 0 Å². The van der Waals surface area contributed by atoms with Gasteiger partial charge in [-0.3, -0.25) is 14.4 Å². The van der Waals surface area contributed by atoms with Crippen LogP contribution in [-0.2, 0) is 19.1 Å². The predicted octanol–water partition coefficient (Wildman–Crippen LogP) is 6.01. The minimum absolute atomic E-state index is 0.0306. The number of aliphatic hydroxyl groups excluding tert-OH is 1. The van der Waals surface area contributed by atoms with Crippen LogP contribution < -0.4 is 5.32 Å². The van der Waals surface area contributed by atoms with E-state index in [-0.39, 0.29) is 57.7 Å². The summed E-state index contributed by atoms with van der Waals surface area (Å²) in [7, 11) is 1.58. The Hall–Kier alpha value is -1.69. The van der Waals surface area contributed by atoms with E-state index in [4.69, 9.17) is 4.74 Å². The second-order valence-electron chi connectivity index (χ2n) is 15.8. The third-order valence-corrected chi connectivity index (χ3v) is 13.7. The van der Waals surface area contributed by atoms with Gasteiger partial charge in [-0.05, 0) is 108 Å². The standard InChI is InChI=1S/C34H53NO5/c1-19(2)26-22(37)18-34(28(29(39)35-9)40-20(3)36)17-16-32(7)21(27(26)34)10-11-24-31(6)14-13-25(38)30(4,5)23(31)12-15-33(24,32)8/h19,21,23-25,28,38H,10-18H2,1-9H3,(H,35,39)/t21-,23+,24-,25+,28?,31+,32-,33-,34-/m1/s1. The van der Waals surface area contributed by atoms with Crippen LogP contribution in [0.5, 0.6) is 0 Å². The van der Waals surface area contributed by atoms with Crippen molar-refractivity contribution >= 4 is 17.7 Å². The summed E-state index contributed by atoms with van der Waals surface area (Å²) in [4.78, 5) is 39.5. The van der Waals surface area contributed by atoms with Crippen LogP contribution in [-0.4, -0.2) is 42.0 Å². The van der Waals surface area contributed by atoms with Gasteiger partial charge in [0.2, 0.25) is 0 Å². The molecule has 0 aliphatic heterocycles. The molecule has 4 saturated carbocycles. The molecule has 0 aromatic heterocycles. The van der Waals surface area contributed by atoms with Gasteiger partial charge in [0.05, 0.1) is 6.10 Å². The molecule has 1 amide bonds. The SMILES string of the molecule is CNC(=O)C(OC(C)=O)[C@@]12CC[C@]3(C)[C@H](CC[C@@H]4[C@@]5(C)CC[C@H](O)C(C)(C)[C@@H]5CC[C@]43C)C1=C(C(C)C)C(=O)C2. The lowest BCUT2D eigenvalue weighted by molar-refractivity contribution is -0.230. The van der Waals surface area contributed by atoms with E-state index >= 15 is 0 Å². The number of aliphatic hydroxyl groups is 1. The quantitative estimate of drug-likeness (QED) is 0.415. The first-order valence-electron chi connectivity index (χ1n) is 15.9. The number of hydrogen-bond acceptors (Lipinski definition) is 5. The molecule has 1 unspecified atom stereocenters. The fraction of sp³-hybridized carbons (Fsp3) is 0.853. The summed E-state index contributed by atoms with van der Waals surface area (Å²) in [5.41, 5.74) is 1.38. The van der Waals surface area contributed by atoms with E-state index in [1.807, 2.05) is 0 Å². The first kappa shape index (κ1) is 29.8. The number of allylic oxidation sites excluding steroid dienone is 1. The lowest BCUT2D eigenvalue weighted by Gasteiger charge is -2.72. The largest absolute Gasteiger partial charge is 0.451 e. The Morgan fingerprint density at radius 3 is 2.20 bits per heavy atom. The number of carbonyl (C=O) groups excluding carboxylic acids is 3. The smallest absolute Gasteiger partial charge is 0.303 e. The lowest BCUT2D eigenvalue weighted by atomic mass is 9.33. The second kappa shape index (κ2) is 9.41. The minimum Gasteiger partial charge on any atom is -0.451 e. The van der Waals surface area contributed by atoms with Gasteiger partial charge in [0.25, 0.3) is 5.91 Å². The van der Waals surface area contributed by atoms with Crippen molar-refractivity contribution in [1.29, 1.82) is 0 Å². The highest BCUT2D eigenvalue weighted by Gasteiger charge is 2.71. The fourth-order valence-electron chi connectivity index (χ4n) is 11.7. The molecule has 0 bridgehead atoms. The van der Waals surface area contributed by atoms with E-state index in [1.165, 1.54) is 6.92 Å². The van der Waals surface area contributed by atoms with Crippen molar-refractivity contribution in [3.05, 3.63) is 11.1 Å². The van der Waals surface area contributed by atoms with E-state index in [1.54, 1.807) is 7.05 Å². The molecule has 0 aromatic rings. The molecule has 0 aromatic carbocycles. The number of rotatable bonds is 4.